The van der Waals surface area contributed by atoms with E-state index < -0.39 is 0 Å². The van der Waals surface area contributed by atoms with Gasteiger partial charge in [-0.25, -0.2) is 0 Å². The summed E-state index contributed by atoms with van der Waals surface area (Å²) in [6, 6.07) is 2.31. The zero-order valence-corrected chi connectivity index (χ0v) is 9.43. The number of hydrogen-bond donors (Lipinski definition) is 2. The lowest BCUT2D eigenvalue weighted by Crippen LogP contribution is -2.23. The third kappa shape index (κ3) is 1.32. The van der Waals surface area contributed by atoms with E-state index >= 15 is 0 Å². The molecule has 0 saturated carbocycles. The van der Waals surface area contributed by atoms with Crippen molar-refractivity contribution in [3.63, 3.8) is 0 Å². The van der Waals surface area contributed by atoms with Crippen molar-refractivity contribution < 1.29 is 19.8 Å². The van der Waals surface area contributed by atoms with E-state index in [0.29, 0.717) is 24.0 Å². The topological polar surface area (TPSA) is 74.6 Å². The Kier molecular flexibility index (Phi) is 2.13. The van der Waals surface area contributed by atoms with Crippen molar-refractivity contribution in [3.8, 4) is 11.5 Å². The van der Waals surface area contributed by atoms with E-state index in [0.717, 1.165) is 6.07 Å². The lowest BCUT2D eigenvalue weighted by atomic mass is 9.79. The molecular weight excluding hydrogens is 232 g/mol. The molecule has 2 aliphatic carbocycles. The predicted molar refractivity (Wildman–Crippen MR) is 63.8 cm³/mol. The number of aromatic hydroxyl groups is 2. The second-order valence-corrected chi connectivity index (χ2v) is 4.38. The van der Waals surface area contributed by atoms with E-state index in [1.54, 1.807) is 0 Å². The van der Waals surface area contributed by atoms with Gasteiger partial charge in [-0.15, -0.1) is 0 Å². The van der Waals surface area contributed by atoms with E-state index in [2.05, 4.69) is 0 Å². The summed E-state index contributed by atoms with van der Waals surface area (Å²) < 4.78 is 0. The highest BCUT2D eigenvalue weighted by Crippen LogP contribution is 2.38. The first kappa shape index (κ1) is 10.8. The van der Waals surface area contributed by atoms with Crippen LogP contribution in [0.1, 0.15) is 33.6 Å². The molecule has 0 aromatic heterocycles. The zero-order valence-electron chi connectivity index (χ0n) is 9.43. The van der Waals surface area contributed by atoms with Crippen molar-refractivity contribution in [2.75, 3.05) is 0 Å². The maximum absolute atomic E-state index is 12.2. The van der Waals surface area contributed by atoms with Crippen LogP contribution >= 0.6 is 0 Å². The molecule has 2 N–H and O–H groups in total. The molecule has 4 heteroatoms. The number of phenolic OH excluding ortho intramolecular Hbond substituents is 2. The number of hydrogen-bond acceptors (Lipinski definition) is 4. The number of rotatable bonds is 0. The quantitative estimate of drug-likeness (QED) is 0.683. The summed E-state index contributed by atoms with van der Waals surface area (Å²) >= 11 is 0. The molecule has 0 fully saturated rings. The first-order chi connectivity index (χ1) is 8.59. The summed E-state index contributed by atoms with van der Waals surface area (Å²) in [6.45, 7) is 0. The normalized spacial score (nSPS) is 17.8. The van der Waals surface area contributed by atoms with Crippen LogP contribution in [0.5, 0.6) is 11.5 Å². The number of Topliss-reactive ketones (excluding diaryl/α,β-unsaturated/α-hetero) is 2. The Labute approximate surface area is 103 Å². The van der Waals surface area contributed by atoms with Crippen molar-refractivity contribution in [1.29, 1.82) is 0 Å². The van der Waals surface area contributed by atoms with E-state index in [1.165, 1.54) is 6.07 Å². The number of ketones is 2. The van der Waals surface area contributed by atoms with Crippen molar-refractivity contribution in [1.82, 2.24) is 0 Å². The number of benzene rings is 1. The summed E-state index contributed by atoms with van der Waals surface area (Å²) in [5, 5.41) is 19.2. The van der Waals surface area contributed by atoms with Gasteiger partial charge in [0.15, 0.2) is 11.6 Å². The lowest BCUT2D eigenvalue weighted by molar-refractivity contribution is 0.0968. The van der Waals surface area contributed by atoms with Crippen LogP contribution in [0.25, 0.3) is 0 Å². The zero-order chi connectivity index (χ0) is 12.9. The van der Waals surface area contributed by atoms with Crippen LogP contribution in [0.4, 0.5) is 0 Å². The monoisotopic (exact) mass is 242 g/mol. The Balaban J connectivity index is 2.27. The van der Waals surface area contributed by atoms with Crippen molar-refractivity contribution in [2.45, 2.75) is 12.8 Å². The molecule has 0 heterocycles. The van der Waals surface area contributed by atoms with Gasteiger partial charge in [0.05, 0.1) is 5.56 Å². The molecule has 0 spiro atoms. The van der Waals surface area contributed by atoms with Gasteiger partial charge in [0, 0.05) is 22.8 Å². The first-order valence-electron chi connectivity index (χ1n) is 5.62. The summed E-state index contributed by atoms with van der Waals surface area (Å²) in [5.74, 6) is -1.16. The summed E-state index contributed by atoms with van der Waals surface area (Å²) in [4.78, 5) is 24.5. The van der Waals surface area contributed by atoms with E-state index in [9.17, 15) is 19.8 Å². The Morgan fingerprint density at radius 3 is 2.17 bits per heavy atom. The minimum Gasteiger partial charge on any atom is -0.508 e. The number of fused-ring (bicyclic) bond motifs is 1. The van der Waals surface area contributed by atoms with Gasteiger partial charge >= 0.3 is 0 Å². The second kappa shape index (κ2) is 3.57. The Bertz CT molecular complexity index is 650. The maximum Gasteiger partial charge on any atom is 0.194 e. The second-order valence-electron chi connectivity index (χ2n) is 4.38. The van der Waals surface area contributed by atoms with Crippen molar-refractivity contribution in [3.05, 3.63) is 46.6 Å². The number of carbonyl (C=O) groups excluding carboxylic acids is 2. The van der Waals surface area contributed by atoms with Crippen molar-refractivity contribution in [2.24, 2.45) is 0 Å². The smallest absolute Gasteiger partial charge is 0.194 e. The predicted octanol–water partition coefficient (Wildman–Crippen LogP) is 2.12. The van der Waals surface area contributed by atoms with Gasteiger partial charge in [-0.2, -0.15) is 0 Å². The van der Waals surface area contributed by atoms with Crippen LogP contribution in [0.3, 0.4) is 0 Å². The highest BCUT2D eigenvalue weighted by molar-refractivity contribution is 6.28. The highest BCUT2D eigenvalue weighted by atomic mass is 16.3. The van der Waals surface area contributed by atoms with Crippen LogP contribution in [0, 0.1) is 0 Å². The number of phenols is 2. The van der Waals surface area contributed by atoms with Gasteiger partial charge in [0.25, 0.3) is 0 Å². The Morgan fingerprint density at radius 1 is 0.889 bits per heavy atom. The Hall–Kier alpha value is -2.36. The molecule has 0 amide bonds. The molecular formula is C14H10O4. The maximum atomic E-state index is 12.2. The van der Waals surface area contributed by atoms with Gasteiger partial charge in [-0.05, 0) is 18.9 Å². The molecule has 1 aromatic carbocycles. The third-order valence-electron chi connectivity index (χ3n) is 3.30. The molecule has 90 valence electrons. The molecule has 2 aliphatic rings. The van der Waals surface area contributed by atoms with Crippen LogP contribution in [0.15, 0.2) is 35.4 Å². The largest absolute Gasteiger partial charge is 0.508 e. The molecule has 3 rings (SSSR count). The van der Waals surface area contributed by atoms with E-state index in [4.69, 9.17) is 0 Å². The minimum absolute atomic E-state index is 0.00634. The lowest BCUT2D eigenvalue weighted by Gasteiger charge is -2.22. The third-order valence-corrected chi connectivity index (χ3v) is 3.30. The standard InChI is InChI=1S/C14H10O4/c15-7-5-10-12(11(16)6-7)14(18)9-4-2-1-3-8(9)13(10)17/h1-2,5-6,15-16H,3-4H2. The van der Waals surface area contributed by atoms with Gasteiger partial charge in [0.1, 0.15) is 11.5 Å². The average molecular weight is 242 g/mol. The molecule has 0 unspecified atom stereocenters. The molecule has 0 saturated heterocycles. The Morgan fingerprint density at radius 2 is 1.50 bits per heavy atom. The SMILES string of the molecule is O=C1C2=C(CC=CC2)C(=O)c2c(O)cc(O)cc21. The summed E-state index contributed by atoms with van der Waals surface area (Å²) in [7, 11) is 0. The van der Waals surface area contributed by atoms with Gasteiger partial charge in [-0.1, -0.05) is 12.2 Å². The first-order valence-corrected chi connectivity index (χ1v) is 5.62. The van der Waals surface area contributed by atoms with Crippen LogP contribution in [-0.2, 0) is 0 Å². The van der Waals surface area contributed by atoms with Gasteiger partial charge in [0.2, 0.25) is 0 Å². The highest BCUT2D eigenvalue weighted by Gasteiger charge is 2.34. The van der Waals surface area contributed by atoms with Crippen LogP contribution in [-0.4, -0.2) is 21.8 Å². The summed E-state index contributed by atoms with van der Waals surface area (Å²) in [5.41, 5.74) is 1.02. The molecule has 0 bridgehead atoms. The van der Waals surface area contributed by atoms with E-state index in [-0.39, 0.29) is 34.2 Å². The van der Waals surface area contributed by atoms with E-state index in [1.807, 2.05) is 12.2 Å². The van der Waals surface area contributed by atoms with Crippen molar-refractivity contribution >= 4 is 11.6 Å². The van der Waals surface area contributed by atoms with Crippen LogP contribution < -0.4 is 0 Å². The number of carbonyl (C=O) groups is 2. The minimum atomic E-state index is -0.343. The van der Waals surface area contributed by atoms with Crippen LogP contribution in [0.2, 0.25) is 0 Å². The molecule has 4 nitrogen and oxygen atoms in total. The summed E-state index contributed by atoms with van der Waals surface area (Å²) in [6.07, 6.45) is 4.53. The fourth-order valence-corrected chi connectivity index (χ4v) is 2.45. The van der Waals surface area contributed by atoms with Gasteiger partial charge < -0.3 is 10.2 Å². The molecule has 18 heavy (non-hydrogen) atoms. The molecule has 1 aromatic rings. The van der Waals surface area contributed by atoms with Gasteiger partial charge in [-0.3, -0.25) is 9.59 Å². The molecule has 0 aliphatic heterocycles. The molecule has 0 radical (unpaired) electrons. The molecule has 0 atom stereocenters. The number of allylic oxidation sites excluding steroid dienone is 4. The fraction of sp³-hybridized carbons (Fsp3) is 0.143. The fourth-order valence-electron chi connectivity index (χ4n) is 2.45. The average Bonchev–Trinajstić information content (AvgIpc) is 2.35.